The summed E-state index contributed by atoms with van der Waals surface area (Å²) in [5, 5.41) is 0. The molecule has 0 atom stereocenters. The van der Waals surface area contributed by atoms with Gasteiger partial charge in [-0.25, -0.2) is 0 Å². The molecule has 0 saturated heterocycles. The molecule has 0 aliphatic rings. The summed E-state index contributed by atoms with van der Waals surface area (Å²) in [4.78, 5) is 29.9. The lowest BCUT2D eigenvalue weighted by Gasteiger charge is -2.29. The fraction of sp³-hybridized carbons (Fsp3) is 0.556. The molecule has 0 N–H and O–H groups in total. The first-order chi connectivity index (χ1) is 15.7. The van der Waals surface area contributed by atoms with Gasteiger partial charge in [0, 0.05) is 32.7 Å². The van der Waals surface area contributed by atoms with Gasteiger partial charge in [-0.05, 0) is 49.8 Å². The van der Waals surface area contributed by atoms with Crippen LogP contribution in [0.4, 0.5) is 0 Å². The van der Waals surface area contributed by atoms with Gasteiger partial charge in [0.2, 0.25) is 11.8 Å². The van der Waals surface area contributed by atoms with Crippen molar-refractivity contribution in [2.75, 3.05) is 32.8 Å². The molecule has 0 radical (unpaired) electrons. The number of amides is 2. The summed E-state index contributed by atoms with van der Waals surface area (Å²) in [6, 6.07) is 13.9. The van der Waals surface area contributed by atoms with Crippen molar-refractivity contribution in [1.29, 1.82) is 0 Å². The first kappa shape index (κ1) is 26.7. The van der Waals surface area contributed by atoms with Crippen LogP contribution in [0.15, 0.2) is 46.9 Å². The number of carbonyl (C=O) groups is 2. The van der Waals surface area contributed by atoms with Crippen LogP contribution in [-0.4, -0.2) is 54.5 Å². The molecule has 0 spiro atoms. The Kier molecular flexibility index (Phi) is 10.7. The number of hydrogen-bond donors (Lipinski definition) is 0. The highest BCUT2D eigenvalue weighted by Crippen LogP contribution is 2.20. The SMILES string of the molecule is CCOCCCN(CC(=O)N(CCc1ccccc1)Cc1ccc(C)o1)C(=O)CC(C)(C)C. The molecule has 0 aliphatic heterocycles. The monoisotopic (exact) mass is 456 g/mol. The second-order valence-corrected chi connectivity index (χ2v) is 9.67. The third-order valence-corrected chi connectivity index (χ3v) is 5.29. The molecule has 2 aromatic rings. The van der Waals surface area contributed by atoms with Crippen LogP contribution in [-0.2, 0) is 27.3 Å². The Morgan fingerprint density at radius 2 is 1.70 bits per heavy atom. The van der Waals surface area contributed by atoms with Crippen molar-refractivity contribution in [3.05, 3.63) is 59.5 Å². The van der Waals surface area contributed by atoms with Crippen molar-refractivity contribution >= 4 is 11.8 Å². The Morgan fingerprint density at radius 3 is 2.30 bits per heavy atom. The normalized spacial score (nSPS) is 11.4. The van der Waals surface area contributed by atoms with E-state index in [1.807, 2.05) is 65.0 Å². The second kappa shape index (κ2) is 13.2. The summed E-state index contributed by atoms with van der Waals surface area (Å²) in [5.74, 6) is 1.50. The second-order valence-electron chi connectivity index (χ2n) is 9.67. The number of carbonyl (C=O) groups excluding carboxylic acids is 2. The van der Waals surface area contributed by atoms with Crippen molar-refractivity contribution < 1.29 is 18.7 Å². The van der Waals surface area contributed by atoms with E-state index in [-0.39, 0.29) is 23.8 Å². The van der Waals surface area contributed by atoms with Crippen LogP contribution in [0, 0.1) is 12.3 Å². The number of hydrogen-bond acceptors (Lipinski definition) is 4. The van der Waals surface area contributed by atoms with E-state index < -0.39 is 0 Å². The van der Waals surface area contributed by atoms with E-state index in [2.05, 4.69) is 12.1 Å². The van der Waals surface area contributed by atoms with Crippen molar-refractivity contribution in [3.63, 3.8) is 0 Å². The zero-order valence-electron chi connectivity index (χ0n) is 20.9. The zero-order valence-corrected chi connectivity index (χ0v) is 20.9. The number of benzene rings is 1. The molecule has 1 heterocycles. The van der Waals surface area contributed by atoms with Gasteiger partial charge in [-0.2, -0.15) is 0 Å². The van der Waals surface area contributed by atoms with Gasteiger partial charge in [-0.1, -0.05) is 51.1 Å². The maximum absolute atomic E-state index is 13.4. The molecule has 1 aromatic carbocycles. The Hall–Kier alpha value is -2.60. The molecular weight excluding hydrogens is 416 g/mol. The van der Waals surface area contributed by atoms with Gasteiger partial charge in [-0.3, -0.25) is 9.59 Å². The van der Waals surface area contributed by atoms with Crippen LogP contribution < -0.4 is 0 Å². The highest BCUT2D eigenvalue weighted by atomic mass is 16.5. The van der Waals surface area contributed by atoms with E-state index in [1.165, 1.54) is 5.56 Å². The number of aryl methyl sites for hydroxylation is 1. The van der Waals surface area contributed by atoms with Gasteiger partial charge in [0.15, 0.2) is 0 Å². The highest BCUT2D eigenvalue weighted by molar-refractivity contribution is 5.85. The standard InChI is InChI=1S/C27H40N2O4/c1-6-32-18-10-16-28(25(30)19-27(3,4)5)21-26(31)29(20-24-14-13-22(2)33-24)17-15-23-11-8-7-9-12-23/h7-9,11-14H,6,10,15-21H2,1-5H3. The predicted octanol–water partition coefficient (Wildman–Crippen LogP) is 4.85. The third-order valence-electron chi connectivity index (χ3n) is 5.29. The van der Waals surface area contributed by atoms with Crippen molar-refractivity contribution in [2.24, 2.45) is 5.41 Å². The molecule has 0 unspecified atom stereocenters. The van der Waals surface area contributed by atoms with Crippen LogP contribution in [0.1, 0.15) is 57.6 Å². The molecule has 0 saturated carbocycles. The van der Waals surface area contributed by atoms with E-state index in [0.29, 0.717) is 45.7 Å². The Labute approximate surface area is 198 Å². The van der Waals surface area contributed by atoms with Crippen LogP contribution in [0.25, 0.3) is 0 Å². The van der Waals surface area contributed by atoms with Crippen LogP contribution >= 0.6 is 0 Å². The molecule has 2 amide bonds. The maximum atomic E-state index is 13.4. The Morgan fingerprint density at radius 1 is 0.970 bits per heavy atom. The topological polar surface area (TPSA) is 63.0 Å². The number of ether oxygens (including phenoxy) is 1. The molecular formula is C27H40N2O4. The van der Waals surface area contributed by atoms with E-state index in [4.69, 9.17) is 9.15 Å². The molecule has 6 heteroatoms. The first-order valence-corrected chi connectivity index (χ1v) is 11.9. The van der Waals surface area contributed by atoms with Gasteiger partial charge in [-0.15, -0.1) is 0 Å². The smallest absolute Gasteiger partial charge is 0.242 e. The van der Waals surface area contributed by atoms with E-state index in [9.17, 15) is 9.59 Å². The number of nitrogens with zero attached hydrogens (tertiary/aromatic N) is 2. The number of furan rings is 1. The molecule has 0 bridgehead atoms. The van der Waals surface area contributed by atoms with Gasteiger partial charge in [0.1, 0.15) is 11.5 Å². The lowest BCUT2D eigenvalue weighted by molar-refractivity contribution is -0.142. The Balaban J connectivity index is 2.11. The fourth-order valence-electron chi connectivity index (χ4n) is 3.58. The molecule has 0 fully saturated rings. The van der Waals surface area contributed by atoms with E-state index in [1.54, 1.807) is 9.80 Å². The van der Waals surface area contributed by atoms with Crippen LogP contribution in [0.5, 0.6) is 0 Å². The molecule has 33 heavy (non-hydrogen) atoms. The summed E-state index contributed by atoms with van der Waals surface area (Å²) in [6.45, 7) is 12.7. The molecule has 6 nitrogen and oxygen atoms in total. The van der Waals surface area contributed by atoms with E-state index >= 15 is 0 Å². The lowest BCUT2D eigenvalue weighted by Crippen LogP contribution is -2.44. The molecule has 1 aromatic heterocycles. The summed E-state index contributed by atoms with van der Waals surface area (Å²) in [6.07, 6.45) is 1.85. The fourth-order valence-corrected chi connectivity index (χ4v) is 3.58. The van der Waals surface area contributed by atoms with Crippen LogP contribution in [0.2, 0.25) is 0 Å². The molecule has 2 rings (SSSR count). The minimum atomic E-state index is -0.142. The van der Waals surface area contributed by atoms with Gasteiger partial charge >= 0.3 is 0 Å². The minimum Gasteiger partial charge on any atom is -0.464 e. The summed E-state index contributed by atoms with van der Waals surface area (Å²) in [7, 11) is 0. The Bertz CT molecular complexity index is 855. The number of rotatable bonds is 13. The quantitative estimate of drug-likeness (QED) is 0.404. The van der Waals surface area contributed by atoms with Crippen LogP contribution in [0.3, 0.4) is 0 Å². The van der Waals surface area contributed by atoms with Gasteiger partial charge in [0.25, 0.3) is 0 Å². The van der Waals surface area contributed by atoms with Crippen molar-refractivity contribution in [2.45, 2.75) is 60.4 Å². The summed E-state index contributed by atoms with van der Waals surface area (Å²) < 4.78 is 11.2. The van der Waals surface area contributed by atoms with Crippen molar-refractivity contribution in [3.8, 4) is 0 Å². The predicted molar refractivity (Wildman–Crippen MR) is 131 cm³/mol. The van der Waals surface area contributed by atoms with Gasteiger partial charge < -0.3 is 19.0 Å². The average molecular weight is 457 g/mol. The average Bonchev–Trinajstić information content (AvgIpc) is 3.17. The molecule has 182 valence electrons. The molecule has 0 aliphatic carbocycles. The first-order valence-electron chi connectivity index (χ1n) is 11.9. The largest absolute Gasteiger partial charge is 0.464 e. The minimum absolute atomic E-state index is 0.00389. The maximum Gasteiger partial charge on any atom is 0.242 e. The summed E-state index contributed by atoms with van der Waals surface area (Å²) >= 11 is 0. The van der Waals surface area contributed by atoms with Gasteiger partial charge in [0.05, 0.1) is 13.1 Å². The van der Waals surface area contributed by atoms with Crippen molar-refractivity contribution in [1.82, 2.24) is 9.80 Å². The third kappa shape index (κ3) is 10.3. The lowest BCUT2D eigenvalue weighted by atomic mass is 9.91. The van der Waals surface area contributed by atoms with E-state index in [0.717, 1.165) is 17.9 Å². The summed E-state index contributed by atoms with van der Waals surface area (Å²) in [5.41, 5.74) is 1.03. The highest BCUT2D eigenvalue weighted by Gasteiger charge is 2.25. The zero-order chi connectivity index (χ0) is 24.3.